The van der Waals surface area contributed by atoms with E-state index in [0.29, 0.717) is 5.69 Å². The van der Waals surface area contributed by atoms with Crippen molar-refractivity contribution in [3.05, 3.63) is 52.2 Å². The molecule has 5 nitrogen and oxygen atoms in total. The van der Waals surface area contributed by atoms with Gasteiger partial charge in [0.05, 0.1) is 4.90 Å². The zero-order chi connectivity index (χ0) is 17.7. The van der Waals surface area contributed by atoms with Crippen LogP contribution in [0.15, 0.2) is 47.4 Å². The summed E-state index contributed by atoms with van der Waals surface area (Å²) >= 11 is 1.60. The molecule has 24 heavy (non-hydrogen) atoms. The molecule has 0 unspecified atom stereocenters. The van der Waals surface area contributed by atoms with Gasteiger partial charge in [-0.1, -0.05) is 0 Å². The Hall–Kier alpha value is -1.96. The lowest BCUT2D eigenvalue weighted by Crippen LogP contribution is -2.30. The van der Waals surface area contributed by atoms with Crippen molar-refractivity contribution >= 4 is 39.0 Å². The van der Waals surface area contributed by atoms with Gasteiger partial charge in [0.2, 0.25) is 15.9 Å². The number of aryl methyl sites for hydroxylation is 1. The lowest BCUT2D eigenvalue weighted by Gasteiger charge is -2.10. The number of rotatable bonds is 6. The van der Waals surface area contributed by atoms with Crippen LogP contribution in [0, 0.1) is 6.92 Å². The summed E-state index contributed by atoms with van der Waals surface area (Å²) in [5, 5.41) is 2.70. The molecule has 0 radical (unpaired) electrons. The topological polar surface area (TPSA) is 75.3 Å². The Morgan fingerprint density at radius 2 is 1.79 bits per heavy atom. The van der Waals surface area contributed by atoms with Gasteiger partial charge in [-0.3, -0.25) is 4.79 Å². The molecule has 0 saturated heterocycles. The predicted octanol–water partition coefficient (Wildman–Crippen LogP) is 3.40. The van der Waals surface area contributed by atoms with E-state index >= 15 is 0 Å². The van der Waals surface area contributed by atoms with Gasteiger partial charge < -0.3 is 5.32 Å². The van der Waals surface area contributed by atoms with Gasteiger partial charge in [-0.05, 0) is 63.2 Å². The normalized spacial score (nSPS) is 12.0. The van der Waals surface area contributed by atoms with Crippen LogP contribution in [0.5, 0.6) is 0 Å². The number of hydrogen-bond acceptors (Lipinski definition) is 4. The van der Waals surface area contributed by atoms with Crippen LogP contribution in [-0.4, -0.2) is 20.4 Å². The predicted molar refractivity (Wildman–Crippen MR) is 98.6 cm³/mol. The van der Waals surface area contributed by atoms with Crippen molar-refractivity contribution in [3.8, 4) is 0 Å². The largest absolute Gasteiger partial charge is 0.323 e. The Labute approximate surface area is 146 Å². The van der Waals surface area contributed by atoms with Crippen LogP contribution < -0.4 is 10.0 Å². The van der Waals surface area contributed by atoms with E-state index in [9.17, 15) is 13.2 Å². The first kappa shape index (κ1) is 18.4. The lowest BCUT2D eigenvalue weighted by atomic mass is 10.3. The minimum Gasteiger partial charge on any atom is -0.323 e. The number of carbonyl (C=O) groups is 1. The van der Waals surface area contributed by atoms with Crippen LogP contribution >= 0.6 is 11.3 Å². The third kappa shape index (κ3) is 5.30. The summed E-state index contributed by atoms with van der Waals surface area (Å²) in [6, 6.07) is 9.82. The van der Waals surface area contributed by atoms with E-state index in [1.165, 1.54) is 23.1 Å². The molecule has 128 valence electrons. The number of thiophene rings is 1. The van der Waals surface area contributed by atoms with Crippen LogP contribution in [0.25, 0.3) is 6.08 Å². The highest BCUT2D eigenvalue weighted by Gasteiger charge is 2.14. The van der Waals surface area contributed by atoms with E-state index in [4.69, 9.17) is 0 Å². The van der Waals surface area contributed by atoms with E-state index in [0.717, 1.165) is 4.88 Å². The summed E-state index contributed by atoms with van der Waals surface area (Å²) in [5.41, 5.74) is 0.538. The molecule has 1 amide bonds. The maximum Gasteiger partial charge on any atom is 0.248 e. The third-order valence-electron chi connectivity index (χ3n) is 2.98. The molecule has 0 atom stereocenters. The maximum atomic E-state index is 12.0. The molecule has 2 rings (SSSR count). The second kappa shape index (κ2) is 7.74. The first-order valence-electron chi connectivity index (χ1n) is 7.44. The highest BCUT2D eigenvalue weighted by atomic mass is 32.2. The smallest absolute Gasteiger partial charge is 0.248 e. The Morgan fingerprint density at radius 1 is 1.12 bits per heavy atom. The number of hydrogen-bond donors (Lipinski definition) is 2. The molecular weight excluding hydrogens is 344 g/mol. The molecule has 0 spiro atoms. The minimum absolute atomic E-state index is 0.166. The molecule has 1 aromatic heterocycles. The fourth-order valence-corrected chi connectivity index (χ4v) is 4.01. The average Bonchev–Trinajstić information content (AvgIpc) is 2.90. The second-order valence-electron chi connectivity index (χ2n) is 5.57. The van der Waals surface area contributed by atoms with E-state index in [2.05, 4.69) is 10.0 Å². The number of amides is 1. The van der Waals surface area contributed by atoms with E-state index < -0.39 is 10.0 Å². The summed E-state index contributed by atoms with van der Waals surface area (Å²) in [4.78, 5) is 14.2. The second-order valence-corrected chi connectivity index (χ2v) is 8.60. The standard InChI is InChI=1S/C17H20N2O3S2/c1-12(2)19-24(21,22)16-9-5-14(6-10-16)18-17(20)11-8-15-7-4-13(3)23-15/h4-12,19H,1-3H3,(H,18,20)/b11-8+. The maximum absolute atomic E-state index is 12.0. The number of anilines is 1. The van der Waals surface area contributed by atoms with Crippen molar-refractivity contribution in [1.29, 1.82) is 0 Å². The van der Waals surface area contributed by atoms with Gasteiger partial charge in [-0.15, -0.1) is 11.3 Å². The fourth-order valence-electron chi connectivity index (χ4n) is 1.98. The van der Waals surface area contributed by atoms with Crippen molar-refractivity contribution in [2.45, 2.75) is 31.7 Å². The van der Waals surface area contributed by atoms with Gasteiger partial charge in [-0.25, -0.2) is 13.1 Å². The minimum atomic E-state index is -3.52. The molecule has 1 aromatic carbocycles. The molecule has 2 aromatic rings. The van der Waals surface area contributed by atoms with Gasteiger partial charge in [0.15, 0.2) is 0 Å². The molecule has 1 heterocycles. The molecule has 0 bridgehead atoms. The van der Waals surface area contributed by atoms with E-state index in [1.54, 1.807) is 43.4 Å². The zero-order valence-electron chi connectivity index (χ0n) is 13.7. The summed E-state index contributed by atoms with van der Waals surface area (Å²) < 4.78 is 26.6. The van der Waals surface area contributed by atoms with Gasteiger partial charge in [-0.2, -0.15) is 0 Å². The molecule has 7 heteroatoms. The highest BCUT2D eigenvalue weighted by Crippen LogP contribution is 2.17. The van der Waals surface area contributed by atoms with Crippen LogP contribution in [0.2, 0.25) is 0 Å². The lowest BCUT2D eigenvalue weighted by molar-refractivity contribution is -0.111. The fraction of sp³-hybridized carbons (Fsp3) is 0.235. The van der Waals surface area contributed by atoms with Crippen LogP contribution in [0.4, 0.5) is 5.69 Å². The molecule has 0 aliphatic carbocycles. The first-order chi connectivity index (χ1) is 11.3. The van der Waals surface area contributed by atoms with Crippen molar-refractivity contribution in [1.82, 2.24) is 4.72 Å². The highest BCUT2D eigenvalue weighted by molar-refractivity contribution is 7.89. The van der Waals surface area contributed by atoms with Crippen molar-refractivity contribution in [2.24, 2.45) is 0 Å². The van der Waals surface area contributed by atoms with Crippen LogP contribution in [-0.2, 0) is 14.8 Å². The third-order valence-corrected chi connectivity index (χ3v) is 5.62. The molecular formula is C17H20N2O3S2. The van der Waals surface area contributed by atoms with Crippen LogP contribution in [0.1, 0.15) is 23.6 Å². The summed E-state index contributed by atoms with van der Waals surface area (Å²) in [7, 11) is -3.52. The van der Waals surface area contributed by atoms with Gasteiger partial charge in [0.1, 0.15) is 0 Å². The quantitative estimate of drug-likeness (QED) is 0.772. The molecule has 0 aliphatic heterocycles. The Bertz CT molecular complexity index is 835. The first-order valence-corrected chi connectivity index (χ1v) is 9.74. The zero-order valence-corrected chi connectivity index (χ0v) is 15.4. The van der Waals surface area contributed by atoms with Crippen LogP contribution in [0.3, 0.4) is 0 Å². The van der Waals surface area contributed by atoms with Crippen molar-refractivity contribution in [2.75, 3.05) is 5.32 Å². The van der Waals surface area contributed by atoms with E-state index in [-0.39, 0.29) is 16.8 Å². The van der Waals surface area contributed by atoms with Gasteiger partial charge >= 0.3 is 0 Å². The number of benzene rings is 1. The monoisotopic (exact) mass is 364 g/mol. The van der Waals surface area contributed by atoms with E-state index in [1.807, 2.05) is 19.1 Å². The van der Waals surface area contributed by atoms with Crippen molar-refractivity contribution in [3.63, 3.8) is 0 Å². The van der Waals surface area contributed by atoms with Crippen molar-refractivity contribution < 1.29 is 13.2 Å². The molecule has 0 saturated carbocycles. The van der Waals surface area contributed by atoms with Gasteiger partial charge in [0, 0.05) is 27.6 Å². The Morgan fingerprint density at radius 3 is 2.33 bits per heavy atom. The Balaban J connectivity index is 2.01. The number of carbonyl (C=O) groups excluding carboxylic acids is 1. The summed E-state index contributed by atoms with van der Waals surface area (Å²) in [6.07, 6.45) is 3.20. The van der Waals surface area contributed by atoms with Gasteiger partial charge in [0.25, 0.3) is 0 Å². The summed E-state index contributed by atoms with van der Waals surface area (Å²) in [6.45, 7) is 5.52. The molecule has 0 fully saturated rings. The number of nitrogens with one attached hydrogen (secondary N) is 2. The average molecular weight is 364 g/mol. The summed E-state index contributed by atoms with van der Waals surface area (Å²) in [5.74, 6) is -0.267. The number of sulfonamides is 1. The molecule has 0 aliphatic rings. The molecule has 2 N–H and O–H groups in total. The Kier molecular flexibility index (Phi) is 5.93. The SMILES string of the molecule is Cc1ccc(/C=C/C(=O)Nc2ccc(S(=O)(=O)NC(C)C)cc2)s1.